The van der Waals surface area contributed by atoms with E-state index < -0.39 is 0 Å². The molecule has 1 rings (SSSR count). The summed E-state index contributed by atoms with van der Waals surface area (Å²) in [6.45, 7) is 0. The Labute approximate surface area is 91.1 Å². The Hall–Kier alpha value is -1.03. The fraction of sp³-hybridized carbons (Fsp3) is 0.727. The highest BCUT2D eigenvalue weighted by atomic mass is 16.6. The number of carbonyl (C=O) groups excluding carboxylic acids is 1. The molecule has 1 aliphatic rings. The SMILES string of the molecule is CNC(=O)OC1/C=C/CC(NC)CCC1. The number of ether oxygens (including phenoxy) is 1. The molecule has 0 heterocycles. The molecule has 1 aliphatic carbocycles. The zero-order valence-corrected chi connectivity index (χ0v) is 9.45. The third kappa shape index (κ3) is 4.34. The van der Waals surface area contributed by atoms with E-state index in [1.807, 2.05) is 13.1 Å². The molecule has 0 saturated heterocycles. The van der Waals surface area contributed by atoms with E-state index >= 15 is 0 Å². The molecule has 0 aromatic heterocycles. The molecular formula is C11H20N2O2. The van der Waals surface area contributed by atoms with Gasteiger partial charge >= 0.3 is 6.09 Å². The number of hydrogen-bond acceptors (Lipinski definition) is 3. The van der Waals surface area contributed by atoms with Gasteiger partial charge < -0.3 is 15.4 Å². The zero-order chi connectivity index (χ0) is 11.1. The summed E-state index contributed by atoms with van der Waals surface area (Å²) in [6, 6.07) is 0.558. The molecule has 0 radical (unpaired) electrons. The van der Waals surface area contributed by atoms with Gasteiger partial charge in [0, 0.05) is 13.1 Å². The van der Waals surface area contributed by atoms with E-state index in [0.29, 0.717) is 6.04 Å². The van der Waals surface area contributed by atoms with Crippen molar-refractivity contribution in [3.05, 3.63) is 12.2 Å². The first-order chi connectivity index (χ1) is 7.26. The number of amides is 1. The Bertz CT molecular complexity index is 229. The number of rotatable bonds is 2. The molecular weight excluding hydrogens is 192 g/mol. The van der Waals surface area contributed by atoms with Crippen molar-refractivity contribution in [2.75, 3.05) is 14.1 Å². The number of alkyl carbamates (subject to hydrolysis) is 1. The van der Waals surface area contributed by atoms with Gasteiger partial charge in [-0.1, -0.05) is 6.08 Å². The van der Waals surface area contributed by atoms with E-state index in [4.69, 9.17) is 4.74 Å². The Morgan fingerprint density at radius 1 is 1.40 bits per heavy atom. The van der Waals surface area contributed by atoms with Crippen LogP contribution < -0.4 is 10.6 Å². The van der Waals surface area contributed by atoms with Gasteiger partial charge in [-0.05, 0) is 38.8 Å². The van der Waals surface area contributed by atoms with Crippen LogP contribution in [0.1, 0.15) is 25.7 Å². The molecule has 0 fully saturated rings. The molecule has 4 nitrogen and oxygen atoms in total. The first kappa shape index (κ1) is 12.0. The minimum Gasteiger partial charge on any atom is -0.442 e. The standard InChI is InChI=1S/C11H20N2O2/c1-12-9-5-3-7-10(8-4-6-9)15-11(14)13-2/h3,7,9-10,12H,4-6,8H2,1-2H3,(H,13,14)/b7-3+. The summed E-state index contributed by atoms with van der Waals surface area (Å²) in [7, 11) is 3.56. The van der Waals surface area contributed by atoms with Crippen LogP contribution in [0, 0.1) is 0 Å². The summed E-state index contributed by atoms with van der Waals surface area (Å²) in [4.78, 5) is 11.0. The molecule has 1 amide bonds. The number of hydrogen-bond donors (Lipinski definition) is 2. The van der Waals surface area contributed by atoms with Crippen LogP contribution in [0.5, 0.6) is 0 Å². The Morgan fingerprint density at radius 3 is 2.87 bits per heavy atom. The first-order valence-corrected chi connectivity index (χ1v) is 5.48. The van der Waals surface area contributed by atoms with Gasteiger partial charge in [0.05, 0.1) is 0 Å². The Morgan fingerprint density at radius 2 is 2.20 bits per heavy atom. The van der Waals surface area contributed by atoms with Gasteiger partial charge in [-0.2, -0.15) is 0 Å². The van der Waals surface area contributed by atoms with E-state index in [-0.39, 0.29) is 12.2 Å². The lowest BCUT2D eigenvalue weighted by Gasteiger charge is -2.20. The molecule has 0 aromatic carbocycles. The largest absolute Gasteiger partial charge is 0.442 e. The second-order valence-corrected chi connectivity index (χ2v) is 3.77. The average Bonchev–Trinajstić information content (AvgIpc) is 2.21. The normalized spacial score (nSPS) is 28.7. The maximum Gasteiger partial charge on any atom is 0.407 e. The zero-order valence-electron chi connectivity index (χ0n) is 9.45. The van der Waals surface area contributed by atoms with Crippen molar-refractivity contribution in [2.45, 2.75) is 37.8 Å². The summed E-state index contributed by atoms with van der Waals surface area (Å²) in [5, 5.41) is 5.73. The minimum atomic E-state index is -0.351. The van der Waals surface area contributed by atoms with Crippen LogP contribution in [0.25, 0.3) is 0 Å². The molecule has 0 spiro atoms. The molecule has 4 heteroatoms. The molecule has 2 N–H and O–H groups in total. The van der Waals surface area contributed by atoms with Crippen LogP contribution in [0.2, 0.25) is 0 Å². The molecule has 0 saturated carbocycles. The van der Waals surface area contributed by atoms with Crippen molar-refractivity contribution in [1.29, 1.82) is 0 Å². The van der Waals surface area contributed by atoms with Crippen LogP contribution in [0.3, 0.4) is 0 Å². The first-order valence-electron chi connectivity index (χ1n) is 5.48. The molecule has 0 aromatic rings. The van der Waals surface area contributed by atoms with Crippen molar-refractivity contribution in [3.8, 4) is 0 Å². The van der Waals surface area contributed by atoms with E-state index in [9.17, 15) is 4.79 Å². The fourth-order valence-corrected chi connectivity index (χ4v) is 1.73. The van der Waals surface area contributed by atoms with Gasteiger partial charge in [-0.15, -0.1) is 0 Å². The van der Waals surface area contributed by atoms with Gasteiger partial charge in [-0.25, -0.2) is 4.79 Å². The summed E-state index contributed by atoms with van der Waals surface area (Å²) < 4.78 is 5.19. The smallest absolute Gasteiger partial charge is 0.407 e. The highest BCUT2D eigenvalue weighted by molar-refractivity contribution is 5.67. The lowest BCUT2D eigenvalue weighted by molar-refractivity contribution is 0.115. The maximum absolute atomic E-state index is 11.0. The van der Waals surface area contributed by atoms with Crippen LogP contribution in [0.4, 0.5) is 4.79 Å². The van der Waals surface area contributed by atoms with Crippen LogP contribution in [-0.4, -0.2) is 32.3 Å². The summed E-state index contributed by atoms with van der Waals surface area (Å²) in [6.07, 6.45) is 7.78. The topological polar surface area (TPSA) is 50.4 Å². The van der Waals surface area contributed by atoms with Gasteiger partial charge in [0.25, 0.3) is 0 Å². The Balaban J connectivity index is 2.41. The van der Waals surface area contributed by atoms with E-state index in [0.717, 1.165) is 25.7 Å². The lowest BCUT2D eigenvalue weighted by Crippen LogP contribution is -2.28. The van der Waals surface area contributed by atoms with Crippen molar-refractivity contribution >= 4 is 6.09 Å². The highest BCUT2D eigenvalue weighted by Gasteiger charge is 2.14. The van der Waals surface area contributed by atoms with Gasteiger partial charge in [-0.3, -0.25) is 0 Å². The Kier molecular flexibility index (Phi) is 5.18. The number of nitrogens with one attached hydrogen (secondary N) is 2. The third-order valence-electron chi connectivity index (χ3n) is 2.68. The molecule has 86 valence electrons. The predicted octanol–water partition coefficient (Wildman–Crippen LogP) is 1.43. The third-order valence-corrected chi connectivity index (χ3v) is 2.68. The van der Waals surface area contributed by atoms with Gasteiger partial charge in [0.1, 0.15) is 6.10 Å². The van der Waals surface area contributed by atoms with Gasteiger partial charge in [0.15, 0.2) is 0 Å². The van der Waals surface area contributed by atoms with E-state index in [1.165, 1.54) is 0 Å². The monoisotopic (exact) mass is 212 g/mol. The molecule has 0 bridgehead atoms. The van der Waals surface area contributed by atoms with E-state index in [2.05, 4.69) is 16.7 Å². The summed E-state index contributed by atoms with van der Waals surface area (Å²) in [5.41, 5.74) is 0. The average molecular weight is 212 g/mol. The predicted molar refractivity (Wildman–Crippen MR) is 59.8 cm³/mol. The van der Waals surface area contributed by atoms with Crippen molar-refractivity contribution < 1.29 is 9.53 Å². The van der Waals surface area contributed by atoms with Crippen molar-refractivity contribution in [2.24, 2.45) is 0 Å². The fourth-order valence-electron chi connectivity index (χ4n) is 1.73. The van der Waals surface area contributed by atoms with E-state index in [1.54, 1.807) is 7.05 Å². The van der Waals surface area contributed by atoms with Crippen LogP contribution in [-0.2, 0) is 4.74 Å². The lowest BCUT2D eigenvalue weighted by atomic mass is 10.0. The summed E-state index contributed by atoms with van der Waals surface area (Å²) >= 11 is 0. The van der Waals surface area contributed by atoms with Crippen LogP contribution in [0.15, 0.2) is 12.2 Å². The highest BCUT2D eigenvalue weighted by Crippen LogP contribution is 2.14. The summed E-state index contributed by atoms with van der Waals surface area (Å²) in [5.74, 6) is 0. The maximum atomic E-state index is 11.0. The molecule has 0 aliphatic heterocycles. The molecule has 15 heavy (non-hydrogen) atoms. The van der Waals surface area contributed by atoms with Gasteiger partial charge in [0.2, 0.25) is 0 Å². The minimum absolute atomic E-state index is 0.0669. The second kappa shape index (κ2) is 6.45. The van der Waals surface area contributed by atoms with Crippen molar-refractivity contribution in [3.63, 3.8) is 0 Å². The molecule has 2 unspecified atom stereocenters. The quantitative estimate of drug-likeness (QED) is 0.681. The number of carbonyl (C=O) groups is 1. The second-order valence-electron chi connectivity index (χ2n) is 3.77. The van der Waals surface area contributed by atoms with Crippen molar-refractivity contribution in [1.82, 2.24) is 10.6 Å². The van der Waals surface area contributed by atoms with Crippen LogP contribution >= 0.6 is 0 Å². The molecule has 2 atom stereocenters.